The van der Waals surface area contributed by atoms with Gasteiger partial charge in [0.2, 0.25) is 0 Å². The predicted molar refractivity (Wildman–Crippen MR) is 68.7 cm³/mol. The first kappa shape index (κ1) is 11.3. The summed E-state index contributed by atoms with van der Waals surface area (Å²) in [5, 5.41) is 0. The van der Waals surface area contributed by atoms with E-state index >= 15 is 0 Å². The summed E-state index contributed by atoms with van der Waals surface area (Å²) in [6, 6.07) is 1.67. The van der Waals surface area contributed by atoms with Crippen molar-refractivity contribution in [3.8, 4) is 0 Å². The van der Waals surface area contributed by atoms with Crippen LogP contribution in [0.4, 0.5) is 0 Å². The van der Waals surface area contributed by atoms with E-state index in [0.29, 0.717) is 11.6 Å². The van der Waals surface area contributed by atoms with Gasteiger partial charge in [-0.25, -0.2) is 4.98 Å². The van der Waals surface area contributed by atoms with Crippen LogP contribution in [-0.4, -0.2) is 39.4 Å². The summed E-state index contributed by atoms with van der Waals surface area (Å²) in [5.74, 6) is 0.402. The second-order valence-corrected chi connectivity index (χ2v) is 4.90. The summed E-state index contributed by atoms with van der Waals surface area (Å²) in [4.78, 5) is 22.9. The monoisotopic (exact) mass is 244 g/mol. The highest BCUT2D eigenvalue weighted by Gasteiger charge is 2.20. The molecule has 1 saturated heterocycles. The molecule has 3 heterocycles. The van der Waals surface area contributed by atoms with Gasteiger partial charge in [0.15, 0.2) is 5.65 Å². The fourth-order valence-corrected chi connectivity index (χ4v) is 2.50. The molecule has 5 heteroatoms. The molecule has 0 spiro atoms. The minimum Gasteiger partial charge on any atom is -0.306 e. The van der Waals surface area contributed by atoms with Crippen molar-refractivity contribution in [1.82, 2.24) is 19.3 Å². The average molecular weight is 244 g/mol. The van der Waals surface area contributed by atoms with Crippen LogP contribution in [0.1, 0.15) is 24.5 Å². The molecule has 0 amide bonds. The minimum absolute atomic E-state index is 0.0173. The van der Waals surface area contributed by atoms with Gasteiger partial charge in [-0.15, -0.1) is 0 Å². The molecule has 0 atom stereocenters. The van der Waals surface area contributed by atoms with Crippen LogP contribution in [0, 0.1) is 0 Å². The summed E-state index contributed by atoms with van der Waals surface area (Å²) in [6.07, 6.45) is 7.03. The van der Waals surface area contributed by atoms with Crippen molar-refractivity contribution >= 4 is 5.65 Å². The van der Waals surface area contributed by atoms with Gasteiger partial charge in [-0.1, -0.05) is 0 Å². The lowest BCUT2D eigenvalue weighted by Gasteiger charge is -2.28. The van der Waals surface area contributed by atoms with Gasteiger partial charge in [-0.3, -0.25) is 14.2 Å². The van der Waals surface area contributed by atoms with E-state index in [1.807, 2.05) is 0 Å². The second-order valence-electron chi connectivity index (χ2n) is 4.90. The Morgan fingerprint density at radius 2 is 2.11 bits per heavy atom. The van der Waals surface area contributed by atoms with Crippen molar-refractivity contribution in [2.75, 3.05) is 20.1 Å². The Bertz CT molecular complexity index is 614. The predicted octanol–water partition coefficient (Wildman–Crippen LogP) is 0.899. The number of hydrogen-bond donors (Lipinski definition) is 0. The van der Waals surface area contributed by atoms with Crippen LogP contribution in [0.2, 0.25) is 0 Å². The normalized spacial score (nSPS) is 18.3. The lowest BCUT2D eigenvalue weighted by Crippen LogP contribution is -2.30. The maximum atomic E-state index is 12.0. The summed E-state index contributed by atoms with van der Waals surface area (Å²) >= 11 is 0. The van der Waals surface area contributed by atoms with Crippen molar-refractivity contribution in [2.24, 2.45) is 0 Å². The van der Waals surface area contributed by atoms with Crippen LogP contribution >= 0.6 is 0 Å². The van der Waals surface area contributed by atoms with Crippen LogP contribution in [0.15, 0.2) is 29.5 Å². The third kappa shape index (κ3) is 2.01. The van der Waals surface area contributed by atoms with Gasteiger partial charge in [-0.2, -0.15) is 0 Å². The number of piperidine rings is 1. The van der Waals surface area contributed by atoms with Crippen LogP contribution in [-0.2, 0) is 0 Å². The Balaban J connectivity index is 2.00. The van der Waals surface area contributed by atoms with Gasteiger partial charge >= 0.3 is 0 Å². The van der Waals surface area contributed by atoms with E-state index in [9.17, 15) is 4.79 Å². The minimum atomic E-state index is -0.0173. The largest absolute Gasteiger partial charge is 0.306 e. The molecule has 1 aliphatic rings. The maximum absolute atomic E-state index is 12.0. The topological polar surface area (TPSA) is 50.5 Å². The molecule has 0 bridgehead atoms. The molecule has 3 rings (SSSR count). The Labute approximate surface area is 105 Å². The first-order valence-electron chi connectivity index (χ1n) is 6.26. The highest BCUT2D eigenvalue weighted by atomic mass is 16.1. The van der Waals surface area contributed by atoms with Crippen LogP contribution in [0.3, 0.4) is 0 Å². The zero-order valence-corrected chi connectivity index (χ0v) is 10.4. The maximum Gasteiger partial charge on any atom is 0.258 e. The van der Waals surface area contributed by atoms with Gasteiger partial charge in [-0.05, 0) is 33.0 Å². The lowest BCUT2D eigenvalue weighted by atomic mass is 9.93. The third-order valence-electron chi connectivity index (χ3n) is 3.63. The van der Waals surface area contributed by atoms with Crippen LogP contribution in [0.5, 0.6) is 0 Å². The smallest absolute Gasteiger partial charge is 0.258 e. The zero-order chi connectivity index (χ0) is 12.5. The van der Waals surface area contributed by atoms with Crippen molar-refractivity contribution in [2.45, 2.75) is 18.8 Å². The molecule has 2 aromatic heterocycles. The molecule has 2 aromatic rings. The number of hydrogen-bond acceptors (Lipinski definition) is 4. The molecule has 0 saturated carbocycles. The molecule has 0 N–H and O–H groups in total. The number of rotatable bonds is 1. The first-order valence-corrected chi connectivity index (χ1v) is 6.26. The van der Waals surface area contributed by atoms with E-state index in [1.54, 1.807) is 24.7 Å². The SMILES string of the molecule is CN1CCC(c2cc(=O)n3ccncc3n2)CC1. The number of nitrogens with zero attached hydrogens (tertiary/aromatic N) is 4. The van der Waals surface area contributed by atoms with E-state index in [4.69, 9.17) is 0 Å². The molecule has 0 aliphatic carbocycles. The fraction of sp³-hybridized carbons (Fsp3) is 0.462. The van der Waals surface area contributed by atoms with E-state index < -0.39 is 0 Å². The lowest BCUT2D eigenvalue weighted by molar-refractivity contribution is 0.253. The van der Waals surface area contributed by atoms with Crippen molar-refractivity contribution in [1.29, 1.82) is 0 Å². The molecular weight excluding hydrogens is 228 g/mol. The van der Waals surface area contributed by atoms with Gasteiger partial charge in [0.25, 0.3) is 5.56 Å². The quantitative estimate of drug-likeness (QED) is 0.748. The molecule has 1 aliphatic heterocycles. The van der Waals surface area contributed by atoms with Crippen molar-refractivity contribution in [3.63, 3.8) is 0 Å². The molecule has 1 fully saturated rings. The van der Waals surface area contributed by atoms with Crippen molar-refractivity contribution < 1.29 is 0 Å². The molecule has 94 valence electrons. The Morgan fingerprint density at radius 3 is 2.89 bits per heavy atom. The van der Waals surface area contributed by atoms with Crippen molar-refractivity contribution in [3.05, 3.63) is 40.7 Å². The van der Waals surface area contributed by atoms with Crippen LogP contribution < -0.4 is 5.56 Å². The average Bonchev–Trinajstić information content (AvgIpc) is 2.39. The fourth-order valence-electron chi connectivity index (χ4n) is 2.50. The van der Waals surface area contributed by atoms with E-state index in [-0.39, 0.29) is 5.56 Å². The van der Waals surface area contributed by atoms with Crippen LogP contribution in [0.25, 0.3) is 5.65 Å². The molecule has 0 radical (unpaired) electrons. The summed E-state index contributed by atoms with van der Waals surface area (Å²) < 4.78 is 1.53. The Kier molecular flexibility index (Phi) is 2.83. The molecular formula is C13H16N4O. The Morgan fingerprint density at radius 1 is 1.33 bits per heavy atom. The molecule has 5 nitrogen and oxygen atoms in total. The van der Waals surface area contributed by atoms with Gasteiger partial charge in [0.05, 0.1) is 11.9 Å². The Hall–Kier alpha value is -1.75. The third-order valence-corrected chi connectivity index (χ3v) is 3.63. The molecule has 0 unspecified atom stereocenters. The number of aromatic nitrogens is 3. The molecule has 0 aromatic carbocycles. The number of likely N-dealkylation sites (tertiary alicyclic amines) is 1. The summed E-state index contributed by atoms with van der Waals surface area (Å²) in [6.45, 7) is 2.14. The van der Waals surface area contributed by atoms with E-state index in [1.165, 1.54) is 4.40 Å². The highest BCUT2D eigenvalue weighted by molar-refractivity contribution is 5.35. The zero-order valence-electron chi connectivity index (χ0n) is 10.4. The van der Waals surface area contributed by atoms with E-state index in [0.717, 1.165) is 31.6 Å². The highest BCUT2D eigenvalue weighted by Crippen LogP contribution is 2.25. The standard InChI is InChI=1S/C13H16N4O/c1-16-5-2-10(3-6-16)11-8-13(18)17-7-4-14-9-12(17)15-11/h4,7-10H,2-3,5-6H2,1H3. The summed E-state index contributed by atoms with van der Waals surface area (Å²) in [5.41, 5.74) is 1.54. The van der Waals surface area contributed by atoms with Gasteiger partial charge in [0, 0.05) is 24.4 Å². The van der Waals surface area contributed by atoms with E-state index in [2.05, 4.69) is 21.9 Å². The second kappa shape index (κ2) is 4.49. The first-order chi connectivity index (χ1) is 8.74. The summed E-state index contributed by atoms with van der Waals surface area (Å²) in [7, 11) is 2.13. The molecule has 18 heavy (non-hydrogen) atoms. The van der Waals surface area contributed by atoms with Gasteiger partial charge in [0.1, 0.15) is 0 Å². The number of fused-ring (bicyclic) bond motifs is 1. The van der Waals surface area contributed by atoms with Gasteiger partial charge < -0.3 is 4.90 Å².